The molecule has 6 heteroatoms. The van der Waals surface area contributed by atoms with Crippen LogP contribution in [0.2, 0.25) is 0 Å². The van der Waals surface area contributed by atoms with E-state index in [1.54, 1.807) is 6.20 Å². The van der Waals surface area contributed by atoms with E-state index in [0.717, 1.165) is 22.9 Å². The Balaban J connectivity index is 1.50. The lowest BCUT2D eigenvalue weighted by Gasteiger charge is -2.27. The molecule has 29 heavy (non-hydrogen) atoms. The van der Waals surface area contributed by atoms with Gasteiger partial charge in [0.1, 0.15) is 0 Å². The minimum Gasteiger partial charge on any atom is -0.352 e. The lowest BCUT2D eigenvalue weighted by molar-refractivity contribution is 0.310. The molecule has 1 aliphatic heterocycles. The molecule has 1 aliphatic carbocycles. The first-order chi connectivity index (χ1) is 14.3. The largest absolute Gasteiger partial charge is 0.352 e. The van der Waals surface area contributed by atoms with Crippen molar-refractivity contribution in [1.29, 1.82) is 0 Å². The number of hydrogen-bond acceptors (Lipinski definition) is 3. The van der Waals surface area contributed by atoms with E-state index < -0.39 is 0 Å². The fourth-order valence-corrected chi connectivity index (χ4v) is 4.97. The van der Waals surface area contributed by atoms with Crippen molar-refractivity contribution < 1.29 is 0 Å². The van der Waals surface area contributed by atoms with Crippen LogP contribution in [-0.2, 0) is 6.54 Å². The van der Waals surface area contributed by atoms with Crippen LogP contribution in [0, 0.1) is 0 Å². The minimum absolute atomic E-state index is 0.0276. The highest BCUT2D eigenvalue weighted by atomic mass is 32.1. The highest BCUT2D eigenvalue weighted by Gasteiger charge is 2.40. The fourth-order valence-electron chi connectivity index (χ4n) is 4.66. The molecule has 0 aromatic carbocycles. The molecule has 5 nitrogen and oxygen atoms in total. The number of pyridine rings is 2. The van der Waals surface area contributed by atoms with Gasteiger partial charge in [-0.2, -0.15) is 0 Å². The molecule has 0 radical (unpaired) electrons. The molecule has 2 atom stereocenters. The van der Waals surface area contributed by atoms with Gasteiger partial charge in [-0.3, -0.25) is 9.97 Å². The second-order valence-corrected chi connectivity index (χ2v) is 8.33. The Kier molecular flexibility index (Phi) is 5.02. The molecule has 3 aromatic rings. The number of nitrogens with one attached hydrogen (secondary N) is 1. The Labute approximate surface area is 176 Å². The second kappa shape index (κ2) is 7.95. The summed E-state index contributed by atoms with van der Waals surface area (Å²) >= 11 is 5.77. The molecular formula is C23H25N5S. The molecule has 5 rings (SSSR count). The SMILES string of the molecule is S=C1NC(c2ccccn2)C(c2ccn(C3CCCC3)c2)N1Cc1cccnc1. The summed E-state index contributed by atoms with van der Waals surface area (Å²) in [6.45, 7) is 0.724. The maximum atomic E-state index is 5.77. The van der Waals surface area contributed by atoms with Crippen LogP contribution < -0.4 is 5.32 Å². The normalized spacial score (nSPS) is 22.2. The van der Waals surface area contributed by atoms with E-state index >= 15 is 0 Å². The minimum atomic E-state index is 0.0276. The lowest BCUT2D eigenvalue weighted by Crippen LogP contribution is -2.29. The molecule has 0 spiro atoms. The predicted octanol–water partition coefficient (Wildman–Crippen LogP) is 4.57. The van der Waals surface area contributed by atoms with E-state index in [9.17, 15) is 0 Å². The van der Waals surface area contributed by atoms with E-state index in [4.69, 9.17) is 12.2 Å². The first kappa shape index (κ1) is 18.3. The van der Waals surface area contributed by atoms with E-state index in [1.807, 2.05) is 30.6 Å². The van der Waals surface area contributed by atoms with Crippen LogP contribution in [0.4, 0.5) is 0 Å². The smallest absolute Gasteiger partial charge is 0.170 e. The average molecular weight is 404 g/mol. The molecule has 0 bridgehead atoms. The van der Waals surface area contributed by atoms with Gasteiger partial charge in [0.05, 0.1) is 17.8 Å². The maximum absolute atomic E-state index is 5.77. The van der Waals surface area contributed by atoms with Gasteiger partial charge in [-0.05, 0) is 60.5 Å². The molecule has 4 heterocycles. The van der Waals surface area contributed by atoms with Gasteiger partial charge in [-0.25, -0.2) is 0 Å². The molecule has 1 N–H and O–H groups in total. The molecule has 2 unspecified atom stereocenters. The van der Waals surface area contributed by atoms with Crippen LogP contribution >= 0.6 is 12.2 Å². The third-order valence-corrected chi connectivity index (χ3v) is 6.45. The summed E-state index contributed by atoms with van der Waals surface area (Å²) in [5.41, 5.74) is 3.45. The molecular weight excluding hydrogens is 378 g/mol. The summed E-state index contributed by atoms with van der Waals surface area (Å²) in [4.78, 5) is 11.2. The lowest BCUT2D eigenvalue weighted by atomic mass is 9.99. The molecule has 1 saturated carbocycles. The molecule has 148 valence electrons. The van der Waals surface area contributed by atoms with Gasteiger partial charge in [0.2, 0.25) is 0 Å². The van der Waals surface area contributed by atoms with Crippen LogP contribution in [-0.4, -0.2) is 24.5 Å². The van der Waals surface area contributed by atoms with E-state index in [2.05, 4.69) is 55.3 Å². The Morgan fingerprint density at radius 3 is 2.72 bits per heavy atom. The van der Waals surface area contributed by atoms with Crippen LogP contribution in [0.3, 0.4) is 0 Å². The number of aromatic nitrogens is 3. The maximum Gasteiger partial charge on any atom is 0.170 e. The zero-order chi connectivity index (χ0) is 19.6. The van der Waals surface area contributed by atoms with E-state index in [-0.39, 0.29) is 12.1 Å². The van der Waals surface area contributed by atoms with E-state index in [0.29, 0.717) is 6.04 Å². The number of thiocarbonyl (C=S) groups is 1. The summed E-state index contributed by atoms with van der Waals surface area (Å²) in [5.74, 6) is 0. The third-order valence-electron chi connectivity index (χ3n) is 6.10. The highest BCUT2D eigenvalue weighted by Crippen LogP contribution is 2.40. The van der Waals surface area contributed by atoms with Crippen molar-refractivity contribution in [1.82, 2.24) is 24.8 Å². The number of nitrogens with zero attached hydrogens (tertiary/aromatic N) is 4. The van der Waals surface area contributed by atoms with Gasteiger partial charge in [0.25, 0.3) is 0 Å². The van der Waals surface area contributed by atoms with Crippen LogP contribution in [0.1, 0.15) is 60.6 Å². The Hall–Kier alpha value is -2.73. The first-order valence-corrected chi connectivity index (χ1v) is 10.7. The predicted molar refractivity (Wildman–Crippen MR) is 117 cm³/mol. The van der Waals surface area contributed by atoms with Crippen molar-refractivity contribution in [2.24, 2.45) is 0 Å². The van der Waals surface area contributed by atoms with Gasteiger partial charge in [0, 0.05) is 43.6 Å². The Morgan fingerprint density at radius 1 is 1.07 bits per heavy atom. The van der Waals surface area contributed by atoms with Gasteiger partial charge in [-0.15, -0.1) is 0 Å². The zero-order valence-corrected chi connectivity index (χ0v) is 17.1. The van der Waals surface area contributed by atoms with Crippen LogP contribution in [0.5, 0.6) is 0 Å². The quantitative estimate of drug-likeness (QED) is 0.633. The van der Waals surface area contributed by atoms with Crippen molar-refractivity contribution in [3.8, 4) is 0 Å². The highest BCUT2D eigenvalue weighted by molar-refractivity contribution is 7.80. The molecule has 2 fully saturated rings. The van der Waals surface area contributed by atoms with Crippen molar-refractivity contribution in [3.63, 3.8) is 0 Å². The first-order valence-electron chi connectivity index (χ1n) is 10.3. The van der Waals surface area contributed by atoms with Gasteiger partial charge in [-0.1, -0.05) is 25.0 Å². The molecule has 2 aliphatic rings. The van der Waals surface area contributed by atoms with Gasteiger partial charge in [0.15, 0.2) is 5.11 Å². The monoisotopic (exact) mass is 403 g/mol. The average Bonchev–Trinajstić information content (AvgIpc) is 3.50. The number of hydrogen-bond donors (Lipinski definition) is 1. The van der Waals surface area contributed by atoms with Gasteiger partial charge < -0.3 is 14.8 Å². The summed E-state index contributed by atoms with van der Waals surface area (Å²) in [6, 6.07) is 13.2. The third kappa shape index (κ3) is 3.65. The second-order valence-electron chi connectivity index (χ2n) is 7.95. The van der Waals surface area contributed by atoms with Crippen molar-refractivity contribution in [2.45, 2.75) is 50.4 Å². The summed E-state index contributed by atoms with van der Waals surface area (Å²) in [6.07, 6.45) is 15.3. The topological polar surface area (TPSA) is 46.0 Å². The molecule has 1 saturated heterocycles. The van der Waals surface area contributed by atoms with Gasteiger partial charge >= 0.3 is 0 Å². The van der Waals surface area contributed by atoms with E-state index in [1.165, 1.54) is 31.2 Å². The van der Waals surface area contributed by atoms with Crippen molar-refractivity contribution in [3.05, 3.63) is 84.2 Å². The van der Waals surface area contributed by atoms with Crippen molar-refractivity contribution >= 4 is 17.3 Å². The number of rotatable bonds is 5. The van der Waals surface area contributed by atoms with Crippen LogP contribution in [0.15, 0.2) is 67.4 Å². The van der Waals surface area contributed by atoms with Crippen molar-refractivity contribution in [2.75, 3.05) is 0 Å². The summed E-state index contributed by atoms with van der Waals surface area (Å²) in [5, 5.41) is 4.30. The Morgan fingerprint density at radius 2 is 1.97 bits per heavy atom. The van der Waals surface area contributed by atoms with Crippen LogP contribution in [0.25, 0.3) is 0 Å². The zero-order valence-electron chi connectivity index (χ0n) is 16.3. The summed E-state index contributed by atoms with van der Waals surface area (Å²) < 4.78 is 2.40. The molecule has 3 aromatic heterocycles. The fraction of sp³-hybridized carbons (Fsp3) is 0.348. The standard InChI is InChI=1S/C23H25N5S/c29-23-26-21(20-9-3-4-12-25-20)22(28(23)15-17-6-5-11-24-14-17)18-10-13-27(16-18)19-7-1-2-8-19/h3-6,9-14,16,19,21-22H,1-2,7-8,15H2,(H,26,29). The Bertz CT molecular complexity index is 965. The summed E-state index contributed by atoms with van der Waals surface area (Å²) in [7, 11) is 0. The molecule has 0 amide bonds.